The lowest BCUT2D eigenvalue weighted by atomic mass is 10.1. The number of anilines is 2. The molecule has 1 atom stereocenters. The Bertz CT molecular complexity index is 1110. The molecule has 0 heterocycles. The highest BCUT2D eigenvalue weighted by atomic mass is 16.2. The lowest BCUT2D eigenvalue weighted by Crippen LogP contribution is -2.26. The van der Waals surface area contributed by atoms with E-state index in [1.165, 1.54) is 0 Å². The van der Waals surface area contributed by atoms with Crippen LogP contribution in [0.2, 0.25) is 0 Å². The SMILES string of the molecule is CCCCNC(=O)c1ccc(NC(=O)CNc2ccc(C(=O)NC(C)c3ccccc3)cc2)cc1. The molecule has 0 spiro atoms. The van der Waals surface area contributed by atoms with Crippen LogP contribution in [0, 0.1) is 0 Å². The Morgan fingerprint density at radius 2 is 1.37 bits per heavy atom. The first kappa shape index (κ1) is 25.5. The van der Waals surface area contributed by atoms with Gasteiger partial charge in [0, 0.05) is 29.0 Å². The van der Waals surface area contributed by atoms with Gasteiger partial charge in [-0.15, -0.1) is 0 Å². The zero-order valence-corrected chi connectivity index (χ0v) is 20.1. The molecule has 0 aromatic heterocycles. The van der Waals surface area contributed by atoms with Gasteiger partial charge in [0.25, 0.3) is 11.8 Å². The van der Waals surface area contributed by atoms with E-state index in [1.54, 1.807) is 48.5 Å². The second-order valence-corrected chi connectivity index (χ2v) is 8.27. The molecule has 3 aromatic rings. The van der Waals surface area contributed by atoms with Gasteiger partial charge in [-0.3, -0.25) is 14.4 Å². The first-order chi connectivity index (χ1) is 17.0. The lowest BCUT2D eigenvalue weighted by molar-refractivity contribution is -0.114. The number of hydrogen-bond donors (Lipinski definition) is 4. The molecule has 0 aliphatic carbocycles. The minimum absolute atomic E-state index is 0.0653. The molecule has 0 bridgehead atoms. The summed E-state index contributed by atoms with van der Waals surface area (Å²) >= 11 is 0. The molecule has 3 aromatic carbocycles. The molecule has 1 unspecified atom stereocenters. The quantitative estimate of drug-likeness (QED) is 0.303. The summed E-state index contributed by atoms with van der Waals surface area (Å²) in [6.07, 6.45) is 1.96. The number of nitrogens with one attached hydrogen (secondary N) is 4. The van der Waals surface area contributed by atoms with E-state index >= 15 is 0 Å². The molecule has 0 saturated heterocycles. The Morgan fingerprint density at radius 3 is 2.00 bits per heavy atom. The molecule has 7 heteroatoms. The van der Waals surface area contributed by atoms with E-state index in [0.717, 1.165) is 24.1 Å². The fourth-order valence-corrected chi connectivity index (χ4v) is 3.42. The summed E-state index contributed by atoms with van der Waals surface area (Å²) in [4.78, 5) is 36.9. The third-order valence-corrected chi connectivity index (χ3v) is 5.49. The van der Waals surface area contributed by atoms with Crippen molar-refractivity contribution in [1.82, 2.24) is 10.6 Å². The summed E-state index contributed by atoms with van der Waals surface area (Å²) < 4.78 is 0. The highest BCUT2D eigenvalue weighted by Gasteiger charge is 2.11. The number of hydrogen-bond acceptors (Lipinski definition) is 4. The van der Waals surface area contributed by atoms with E-state index in [2.05, 4.69) is 28.2 Å². The van der Waals surface area contributed by atoms with Crippen LogP contribution in [0.25, 0.3) is 0 Å². The maximum atomic E-state index is 12.5. The van der Waals surface area contributed by atoms with Gasteiger partial charge in [0.15, 0.2) is 0 Å². The zero-order valence-electron chi connectivity index (χ0n) is 20.1. The second-order valence-electron chi connectivity index (χ2n) is 8.27. The van der Waals surface area contributed by atoms with Crippen LogP contribution in [-0.2, 0) is 4.79 Å². The predicted molar refractivity (Wildman–Crippen MR) is 140 cm³/mol. The molecule has 182 valence electrons. The fourth-order valence-electron chi connectivity index (χ4n) is 3.42. The van der Waals surface area contributed by atoms with Crippen LogP contribution >= 0.6 is 0 Å². The number of benzene rings is 3. The summed E-state index contributed by atoms with van der Waals surface area (Å²) in [6, 6.07) is 23.4. The van der Waals surface area contributed by atoms with Crippen molar-refractivity contribution in [2.75, 3.05) is 23.7 Å². The van der Waals surface area contributed by atoms with E-state index < -0.39 is 0 Å². The van der Waals surface area contributed by atoms with E-state index in [-0.39, 0.29) is 30.3 Å². The topological polar surface area (TPSA) is 99.3 Å². The average Bonchev–Trinajstić information content (AvgIpc) is 2.88. The monoisotopic (exact) mass is 472 g/mol. The molecular formula is C28H32N4O3. The second kappa shape index (κ2) is 12.9. The fraction of sp³-hybridized carbons (Fsp3) is 0.250. The summed E-state index contributed by atoms with van der Waals surface area (Å²) in [5.74, 6) is -0.499. The van der Waals surface area contributed by atoms with Gasteiger partial charge < -0.3 is 21.3 Å². The molecule has 0 saturated carbocycles. The molecule has 0 aliphatic heterocycles. The molecule has 35 heavy (non-hydrogen) atoms. The lowest BCUT2D eigenvalue weighted by Gasteiger charge is -2.14. The Kier molecular flexibility index (Phi) is 9.42. The Morgan fingerprint density at radius 1 is 0.771 bits per heavy atom. The summed E-state index contributed by atoms with van der Waals surface area (Å²) in [5.41, 5.74) is 3.48. The van der Waals surface area contributed by atoms with Crippen molar-refractivity contribution in [3.8, 4) is 0 Å². The molecule has 0 fully saturated rings. The smallest absolute Gasteiger partial charge is 0.251 e. The Labute approximate surface area is 206 Å². The number of unbranched alkanes of at least 4 members (excludes halogenated alkanes) is 1. The van der Waals surface area contributed by atoms with E-state index in [9.17, 15) is 14.4 Å². The molecule has 7 nitrogen and oxygen atoms in total. The molecule has 3 rings (SSSR count). The van der Waals surface area contributed by atoms with Crippen LogP contribution in [0.5, 0.6) is 0 Å². The van der Waals surface area contributed by atoms with Gasteiger partial charge in [-0.2, -0.15) is 0 Å². The summed E-state index contributed by atoms with van der Waals surface area (Å²) in [7, 11) is 0. The van der Waals surface area contributed by atoms with Crippen LogP contribution in [0.3, 0.4) is 0 Å². The highest BCUT2D eigenvalue weighted by Crippen LogP contribution is 2.14. The highest BCUT2D eigenvalue weighted by molar-refractivity contribution is 5.97. The largest absolute Gasteiger partial charge is 0.376 e. The number of carbonyl (C=O) groups is 3. The molecular weight excluding hydrogens is 440 g/mol. The molecule has 3 amide bonds. The van der Waals surface area contributed by atoms with E-state index in [1.807, 2.05) is 37.3 Å². The summed E-state index contributed by atoms with van der Waals surface area (Å²) in [5, 5.41) is 11.7. The van der Waals surface area contributed by atoms with Crippen molar-refractivity contribution in [1.29, 1.82) is 0 Å². The minimum atomic E-state index is -0.219. The van der Waals surface area contributed by atoms with Crippen molar-refractivity contribution < 1.29 is 14.4 Å². The van der Waals surface area contributed by atoms with Crippen LogP contribution in [-0.4, -0.2) is 30.8 Å². The van der Waals surface area contributed by atoms with Crippen molar-refractivity contribution in [3.05, 3.63) is 95.6 Å². The van der Waals surface area contributed by atoms with Gasteiger partial charge in [-0.25, -0.2) is 0 Å². The van der Waals surface area contributed by atoms with Gasteiger partial charge in [-0.05, 0) is 67.4 Å². The maximum Gasteiger partial charge on any atom is 0.251 e. The first-order valence-corrected chi connectivity index (χ1v) is 11.8. The van der Waals surface area contributed by atoms with Gasteiger partial charge in [0.05, 0.1) is 12.6 Å². The van der Waals surface area contributed by atoms with Crippen LogP contribution < -0.4 is 21.3 Å². The van der Waals surface area contributed by atoms with Crippen molar-refractivity contribution >= 4 is 29.1 Å². The molecule has 4 N–H and O–H groups in total. The van der Waals surface area contributed by atoms with E-state index in [4.69, 9.17) is 0 Å². The number of rotatable bonds is 11. The predicted octanol–water partition coefficient (Wildman–Crippen LogP) is 4.76. The van der Waals surface area contributed by atoms with Crippen molar-refractivity contribution in [2.45, 2.75) is 32.7 Å². The van der Waals surface area contributed by atoms with Crippen molar-refractivity contribution in [3.63, 3.8) is 0 Å². The zero-order chi connectivity index (χ0) is 25.0. The Balaban J connectivity index is 1.44. The summed E-state index contributed by atoms with van der Waals surface area (Å²) in [6.45, 7) is 4.73. The van der Waals surface area contributed by atoms with Gasteiger partial charge in [0.2, 0.25) is 5.91 Å². The number of amides is 3. The van der Waals surface area contributed by atoms with Gasteiger partial charge >= 0.3 is 0 Å². The minimum Gasteiger partial charge on any atom is -0.376 e. The van der Waals surface area contributed by atoms with Gasteiger partial charge in [-0.1, -0.05) is 43.7 Å². The average molecular weight is 473 g/mol. The molecule has 0 aliphatic rings. The van der Waals surface area contributed by atoms with Crippen LogP contribution in [0.4, 0.5) is 11.4 Å². The standard InChI is InChI=1S/C28H32N4O3/c1-3-4-18-29-27(34)22-12-16-25(17-13-22)32-26(33)19-30-24-14-10-23(11-15-24)28(35)31-20(2)21-8-6-5-7-9-21/h5-17,20,30H,3-4,18-19H2,1-2H3,(H,29,34)(H,31,35)(H,32,33). The normalized spacial score (nSPS) is 11.3. The van der Waals surface area contributed by atoms with Gasteiger partial charge in [0.1, 0.15) is 0 Å². The maximum absolute atomic E-state index is 12.5. The molecule has 0 radical (unpaired) electrons. The van der Waals surface area contributed by atoms with E-state index in [0.29, 0.717) is 23.4 Å². The van der Waals surface area contributed by atoms with Crippen LogP contribution in [0.15, 0.2) is 78.9 Å². The Hall–Kier alpha value is -4.13. The first-order valence-electron chi connectivity index (χ1n) is 11.8. The number of carbonyl (C=O) groups excluding carboxylic acids is 3. The third kappa shape index (κ3) is 7.99. The van der Waals surface area contributed by atoms with Crippen molar-refractivity contribution in [2.24, 2.45) is 0 Å². The van der Waals surface area contributed by atoms with Crippen LogP contribution in [0.1, 0.15) is 59.0 Å². The third-order valence-electron chi connectivity index (χ3n) is 5.49.